The second-order valence-corrected chi connectivity index (χ2v) is 8.20. The average molecular weight is 541 g/mol. The van der Waals surface area contributed by atoms with Gasteiger partial charge < -0.3 is 18.9 Å². The first-order valence-corrected chi connectivity index (χ1v) is 12.2. The monoisotopic (exact) mass is 540 g/mol. The summed E-state index contributed by atoms with van der Waals surface area (Å²) in [5, 5.41) is 4.09. The Kier molecular flexibility index (Phi) is 9.98. The molecule has 0 saturated heterocycles. The van der Waals surface area contributed by atoms with Crippen LogP contribution in [0.1, 0.15) is 42.3 Å². The van der Waals surface area contributed by atoms with E-state index in [9.17, 15) is 4.79 Å². The molecule has 7 nitrogen and oxygen atoms in total. The number of hydrogen-bond donors (Lipinski definition) is 1. The molecule has 0 aromatic heterocycles. The number of nitrogens with zero attached hydrogens (tertiary/aromatic N) is 1. The van der Waals surface area contributed by atoms with Crippen LogP contribution in [-0.4, -0.2) is 31.9 Å². The van der Waals surface area contributed by atoms with Crippen LogP contribution >= 0.6 is 15.9 Å². The Labute approximate surface area is 214 Å². The van der Waals surface area contributed by atoms with Crippen LogP contribution in [0.5, 0.6) is 23.0 Å². The van der Waals surface area contributed by atoms with E-state index in [0.717, 1.165) is 15.6 Å². The number of halogens is 1. The zero-order valence-corrected chi connectivity index (χ0v) is 21.6. The molecule has 0 unspecified atom stereocenters. The van der Waals surface area contributed by atoms with E-state index >= 15 is 0 Å². The lowest BCUT2D eigenvalue weighted by Crippen LogP contribution is -2.17. The Morgan fingerprint density at radius 1 is 0.800 bits per heavy atom. The summed E-state index contributed by atoms with van der Waals surface area (Å²) in [6.45, 7) is 7.56. The molecule has 184 valence electrons. The van der Waals surface area contributed by atoms with Gasteiger partial charge in [-0.15, -0.1) is 0 Å². The van der Waals surface area contributed by atoms with Crippen LogP contribution in [0.3, 0.4) is 0 Å². The molecular formula is C27H29BrN2O5. The highest BCUT2D eigenvalue weighted by molar-refractivity contribution is 9.10. The van der Waals surface area contributed by atoms with Gasteiger partial charge in [-0.25, -0.2) is 5.43 Å². The van der Waals surface area contributed by atoms with E-state index in [1.807, 2.05) is 63.2 Å². The second kappa shape index (κ2) is 13.4. The fourth-order valence-corrected chi connectivity index (χ4v) is 3.42. The molecule has 8 heteroatoms. The van der Waals surface area contributed by atoms with Crippen molar-refractivity contribution in [3.8, 4) is 23.0 Å². The zero-order chi connectivity index (χ0) is 25.0. The van der Waals surface area contributed by atoms with E-state index < -0.39 is 0 Å². The number of rotatable bonds is 12. The molecular weight excluding hydrogens is 512 g/mol. The summed E-state index contributed by atoms with van der Waals surface area (Å²) >= 11 is 3.43. The molecule has 1 amide bonds. The van der Waals surface area contributed by atoms with Crippen molar-refractivity contribution in [2.75, 3.05) is 19.8 Å². The maximum absolute atomic E-state index is 12.6. The molecule has 0 aliphatic carbocycles. The summed E-state index contributed by atoms with van der Waals surface area (Å²) in [5.74, 6) is 2.00. The lowest BCUT2D eigenvalue weighted by atomic mass is 10.2. The van der Waals surface area contributed by atoms with Crippen molar-refractivity contribution in [3.63, 3.8) is 0 Å². The SMILES string of the molecule is CCOc1ccc(C(=O)N/N=C/c2ccc(OCc3ccc(Br)cc3)c(OCC)c2)cc1OCC. The van der Waals surface area contributed by atoms with Crippen molar-refractivity contribution in [1.82, 2.24) is 5.43 Å². The standard InChI is InChI=1S/C27H29BrN2O5/c1-4-32-23-14-10-21(16-26(23)34-6-3)27(31)30-29-17-20-9-13-24(25(15-20)33-5-2)35-18-19-7-11-22(28)12-8-19/h7-17H,4-6,18H2,1-3H3,(H,30,31)/b29-17+. The number of hydrogen-bond acceptors (Lipinski definition) is 6. The van der Waals surface area contributed by atoms with Crippen LogP contribution in [0.2, 0.25) is 0 Å². The third-order valence-electron chi connectivity index (χ3n) is 4.76. The minimum absolute atomic E-state index is 0.357. The Morgan fingerprint density at radius 3 is 2.09 bits per heavy atom. The fourth-order valence-electron chi connectivity index (χ4n) is 3.16. The number of ether oxygens (including phenoxy) is 4. The lowest BCUT2D eigenvalue weighted by molar-refractivity contribution is 0.0954. The highest BCUT2D eigenvalue weighted by atomic mass is 79.9. The third-order valence-corrected chi connectivity index (χ3v) is 5.29. The van der Waals surface area contributed by atoms with Crippen molar-refractivity contribution in [3.05, 3.63) is 81.8 Å². The molecule has 0 aliphatic rings. The van der Waals surface area contributed by atoms with Crippen molar-refractivity contribution in [2.45, 2.75) is 27.4 Å². The predicted octanol–water partition coefficient (Wildman–Crippen LogP) is 5.99. The zero-order valence-electron chi connectivity index (χ0n) is 20.0. The van der Waals surface area contributed by atoms with E-state index in [1.165, 1.54) is 0 Å². The smallest absolute Gasteiger partial charge is 0.271 e. The molecule has 0 heterocycles. The number of amides is 1. The van der Waals surface area contributed by atoms with Gasteiger partial charge in [0.15, 0.2) is 23.0 Å². The number of nitrogens with one attached hydrogen (secondary N) is 1. The lowest BCUT2D eigenvalue weighted by Gasteiger charge is -2.13. The topological polar surface area (TPSA) is 78.4 Å². The molecule has 1 N–H and O–H groups in total. The summed E-state index contributed by atoms with van der Waals surface area (Å²) in [7, 11) is 0. The Bertz CT molecular complexity index is 1150. The maximum Gasteiger partial charge on any atom is 0.271 e. The largest absolute Gasteiger partial charge is 0.490 e. The summed E-state index contributed by atoms with van der Waals surface area (Å²) in [6.07, 6.45) is 1.55. The van der Waals surface area contributed by atoms with Gasteiger partial charge in [0, 0.05) is 10.0 Å². The Morgan fingerprint density at radius 2 is 1.40 bits per heavy atom. The van der Waals surface area contributed by atoms with E-state index in [0.29, 0.717) is 55.0 Å². The van der Waals surface area contributed by atoms with Crippen LogP contribution in [0, 0.1) is 0 Å². The van der Waals surface area contributed by atoms with Gasteiger partial charge in [0.1, 0.15) is 6.61 Å². The highest BCUT2D eigenvalue weighted by Crippen LogP contribution is 2.30. The highest BCUT2D eigenvalue weighted by Gasteiger charge is 2.11. The normalized spacial score (nSPS) is 10.7. The third kappa shape index (κ3) is 7.75. The number of benzene rings is 3. The minimum Gasteiger partial charge on any atom is -0.490 e. The molecule has 0 fully saturated rings. The second-order valence-electron chi connectivity index (χ2n) is 7.28. The van der Waals surface area contributed by atoms with Gasteiger partial charge in [-0.05, 0) is 80.4 Å². The molecule has 0 bridgehead atoms. The Hall–Kier alpha value is -3.52. The van der Waals surface area contributed by atoms with Gasteiger partial charge in [-0.1, -0.05) is 28.1 Å². The van der Waals surface area contributed by atoms with Crippen LogP contribution in [-0.2, 0) is 6.61 Å². The van der Waals surface area contributed by atoms with Crippen LogP contribution < -0.4 is 24.4 Å². The van der Waals surface area contributed by atoms with Gasteiger partial charge in [-0.3, -0.25) is 4.79 Å². The molecule has 0 radical (unpaired) electrons. The van der Waals surface area contributed by atoms with Crippen molar-refractivity contribution in [2.24, 2.45) is 5.10 Å². The maximum atomic E-state index is 12.6. The average Bonchev–Trinajstić information content (AvgIpc) is 2.86. The van der Waals surface area contributed by atoms with Crippen LogP contribution in [0.25, 0.3) is 0 Å². The quantitative estimate of drug-likeness (QED) is 0.225. The number of carbonyl (C=O) groups excluding carboxylic acids is 1. The molecule has 3 rings (SSSR count). The van der Waals surface area contributed by atoms with E-state index in [1.54, 1.807) is 24.4 Å². The minimum atomic E-state index is -0.357. The Balaban J connectivity index is 1.65. The van der Waals surface area contributed by atoms with Crippen molar-refractivity contribution >= 4 is 28.1 Å². The van der Waals surface area contributed by atoms with Gasteiger partial charge in [-0.2, -0.15) is 5.10 Å². The molecule has 3 aromatic rings. The number of hydrazone groups is 1. The van der Waals surface area contributed by atoms with Gasteiger partial charge in [0.2, 0.25) is 0 Å². The molecule has 35 heavy (non-hydrogen) atoms. The molecule has 0 atom stereocenters. The van der Waals surface area contributed by atoms with Crippen LogP contribution in [0.15, 0.2) is 70.2 Å². The van der Waals surface area contributed by atoms with Crippen LogP contribution in [0.4, 0.5) is 0 Å². The fraction of sp³-hybridized carbons (Fsp3) is 0.259. The molecule has 0 spiro atoms. The summed E-state index contributed by atoms with van der Waals surface area (Å²) in [6, 6.07) is 18.5. The molecule has 3 aromatic carbocycles. The first-order chi connectivity index (χ1) is 17.0. The number of carbonyl (C=O) groups is 1. The first-order valence-electron chi connectivity index (χ1n) is 11.4. The molecule has 0 aliphatic heterocycles. The van der Waals surface area contributed by atoms with Gasteiger partial charge in [0.05, 0.1) is 26.0 Å². The van der Waals surface area contributed by atoms with Crippen molar-refractivity contribution in [1.29, 1.82) is 0 Å². The summed E-state index contributed by atoms with van der Waals surface area (Å²) < 4.78 is 23.8. The first kappa shape index (κ1) is 26.1. The van der Waals surface area contributed by atoms with Gasteiger partial charge >= 0.3 is 0 Å². The van der Waals surface area contributed by atoms with E-state index in [2.05, 4.69) is 26.5 Å². The van der Waals surface area contributed by atoms with E-state index in [4.69, 9.17) is 18.9 Å². The molecule has 0 saturated carbocycles. The van der Waals surface area contributed by atoms with Crippen molar-refractivity contribution < 1.29 is 23.7 Å². The summed E-state index contributed by atoms with van der Waals surface area (Å²) in [5.41, 5.74) is 4.76. The summed E-state index contributed by atoms with van der Waals surface area (Å²) in [4.78, 5) is 12.6. The van der Waals surface area contributed by atoms with E-state index in [-0.39, 0.29) is 5.91 Å². The van der Waals surface area contributed by atoms with Gasteiger partial charge in [0.25, 0.3) is 5.91 Å². The predicted molar refractivity (Wildman–Crippen MR) is 140 cm³/mol.